The molecule has 0 saturated heterocycles. The third kappa shape index (κ3) is 3.99. The molecule has 1 atom stereocenters. The molecule has 5 heteroatoms. The molecule has 0 spiro atoms. The lowest BCUT2D eigenvalue weighted by Crippen LogP contribution is -2.31. The molecule has 0 aliphatic carbocycles. The maximum Gasteiger partial charge on any atom is 0.246 e. The summed E-state index contributed by atoms with van der Waals surface area (Å²) in [5, 5.41) is 6.50. The standard InChI is InChI=1S/C15H14BrClN2O/c1-10(15(20)19-12-5-3-2-4-6-12)18-14-8-7-11(16)9-13(14)17/h2-10,18H,1H3,(H,19,20). The van der Waals surface area contributed by atoms with Gasteiger partial charge in [-0.15, -0.1) is 0 Å². The number of para-hydroxylation sites is 1. The van der Waals surface area contributed by atoms with E-state index in [1.807, 2.05) is 42.5 Å². The van der Waals surface area contributed by atoms with Crippen molar-refractivity contribution in [3.05, 3.63) is 58.0 Å². The number of halogens is 2. The van der Waals surface area contributed by atoms with E-state index >= 15 is 0 Å². The third-order valence-corrected chi connectivity index (χ3v) is 3.54. The maximum absolute atomic E-state index is 12.1. The lowest BCUT2D eigenvalue weighted by Gasteiger charge is -2.16. The molecule has 104 valence electrons. The molecule has 0 aromatic heterocycles. The summed E-state index contributed by atoms with van der Waals surface area (Å²) in [4.78, 5) is 12.1. The van der Waals surface area contributed by atoms with Crippen LogP contribution in [0.1, 0.15) is 6.92 Å². The highest BCUT2D eigenvalue weighted by Gasteiger charge is 2.14. The molecule has 1 unspecified atom stereocenters. The van der Waals surface area contributed by atoms with Crippen LogP contribution >= 0.6 is 27.5 Å². The first-order chi connectivity index (χ1) is 9.56. The molecule has 0 aliphatic rings. The van der Waals surface area contributed by atoms with E-state index in [4.69, 9.17) is 11.6 Å². The van der Waals surface area contributed by atoms with Crippen molar-refractivity contribution in [1.82, 2.24) is 0 Å². The molecular weight excluding hydrogens is 340 g/mol. The Bertz CT molecular complexity index is 604. The largest absolute Gasteiger partial charge is 0.373 e. The molecule has 0 bridgehead atoms. The minimum Gasteiger partial charge on any atom is -0.373 e. The molecule has 0 saturated carbocycles. The number of hydrogen-bond acceptors (Lipinski definition) is 2. The van der Waals surface area contributed by atoms with Crippen LogP contribution in [0.5, 0.6) is 0 Å². The lowest BCUT2D eigenvalue weighted by molar-refractivity contribution is -0.116. The molecule has 1 amide bonds. The molecule has 0 aliphatic heterocycles. The van der Waals surface area contributed by atoms with Crippen molar-refractivity contribution in [2.45, 2.75) is 13.0 Å². The van der Waals surface area contributed by atoms with E-state index in [0.717, 1.165) is 15.8 Å². The fourth-order valence-corrected chi connectivity index (χ4v) is 2.41. The number of benzene rings is 2. The van der Waals surface area contributed by atoms with Gasteiger partial charge in [-0.25, -0.2) is 0 Å². The van der Waals surface area contributed by atoms with Gasteiger partial charge in [0.15, 0.2) is 0 Å². The quantitative estimate of drug-likeness (QED) is 0.847. The van der Waals surface area contributed by atoms with Crippen molar-refractivity contribution in [3.63, 3.8) is 0 Å². The second-order valence-electron chi connectivity index (χ2n) is 4.35. The van der Waals surface area contributed by atoms with Crippen molar-refractivity contribution in [3.8, 4) is 0 Å². The molecular formula is C15H14BrClN2O. The summed E-state index contributed by atoms with van der Waals surface area (Å²) in [7, 11) is 0. The Morgan fingerprint density at radius 1 is 1.20 bits per heavy atom. The van der Waals surface area contributed by atoms with Crippen LogP contribution in [0.2, 0.25) is 5.02 Å². The van der Waals surface area contributed by atoms with Gasteiger partial charge in [0.25, 0.3) is 0 Å². The highest BCUT2D eigenvalue weighted by atomic mass is 79.9. The summed E-state index contributed by atoms with van der Waals surface area (Å²) in [6, 6.07) is 14.4. The van der Waals surface area contributed by atoms with Crippen molar-refractivity contribution in [1.29, 1.82) is 0 Å². The van der Waals surface area contributed by atoms with Crippen molar-refractivity contribution in [2.75, 3.05) is 10.6 Å². The maximum atomic E-state index is 12.1. The summed E-state index contributed by atoms with van der Waals surface area (Å²) >= 11 is 9.46. The van der Waals surface area contributed by atoms with Crippen LogP contribution in [0.15, 0.2) is 53.0 Å². The molecule has 0 heterocycles. The van der Waals surface area contributed by atoms with Crippen LogP contribution in [0.25, 0.3) is 0 Å². The Hall–Kier alpha value is -1.52. The van der Waals surface area contributed by atoms with E-state index < -0.39 is 6.04 Å². The predicted octanol–water partition coefficient (Wildman–Crippen LogP) is 4.54. The number of anilines is 2. The lowest BCUT2D eigenvalue weighted by atomic mass is 10.2. The monoisotopic (exact) mass is 352 g/mol. The second kappa shape index (κ2) is 6.77. The SMILES string of the molecule is CC(Nc1ccc(Br)cc1Cl)C(=O)Nc1ccccc1. The molecule has 20 heavy (non-hydrogen) atoms. The number of rotatable bonds is 4. The Morgan fingerprint density at radius 3 is 2.55 bits per heavy atom. The van der Waals surface area contributed by atoms with Crippen LogP contribution in [0.4, 0.5) is 11.4 Å². The first-order valence-electron chi connectivity index (χ1n) is 6.14. The van der Waals surface area contributed by atoms with Gasteiger partial charge in [0.05, 0.1) is 10.7 Å². The minimum absolute atomic E-state index is 0.116. The van der Waals surface area contributed by atoms with Crippen LogP contribution < -0.4 is 10.6 Å². The van der Waals surface area contributed by atoms with E-state index in [0.29, 0.717) is 5.02 Å². The minimum atomic E-state index is -0.395. The summed E-state index contributed by atoms with van der Waals surface area (Å²) in [5.74, 6) is -0.116. The average molecular weight is 354 g/mol. The molecule has 3 nitrogen and oxygen atoms in total. The normalized spacial score (nSPS) is 11.8. The first kappa shape index (κ1) is 14.9. The first-order valence-corrected chi connectivity index (χ1v) is 7.31. The van der Waals surface area contributed by atoms with Crippen LogP contribution in [0, 0.1) is 0 Å². The molecule has 2 aromatic rings. The van der Waals surface area contributed by atoms with Gasteiger partial charge in [-0.1, -0.05) is 45.7 Å². The van der Waals surface area contributed by atoms with Crippen LogP contribution in [-0.2, 0) is 4.79 Å². The highest BCUT2D eigenvalue weighted by Crippen LogP contribution is 2.26. The Morgan fingerprint density at radius 2 is 1.90 bits per heavy atom. The number of nitrogens with one attached hydrogen (secondary N) is 2. The summed E-state index contributed by atoms with van der Waals surface area (Å²) in [6.07, 6.45) is 0. The Balaban J connectivity index is 2.00. The molecule has 0 radical (unpaired) electrons. The Kier molecular flexibility index (Phi) is 5.04. The summed E-state index contributed by atoms with van der Waals surface area (Å²) in [5.41, 5.74) is 1.50. The Labute approximate surface area is 131 Å². The highest BCUT2D eigenvalue weighted by molar-refractivity contribution is 9.10. The van der Waals surface area contributed by atoms with Gasteiger partial charge < -0.3 is 10.6 Å². The smallest absolute Gasteiger partial charge is 0.246 e. The van der Waals surface area contributed by atoms with Gasteiger partial charge in [-0.3, -0.25) is 4.79 Å². The third-order valence-electron chi connectivity index (χ3n) is 2.74. The summed E-state index contributed by atoms with van der Waals surface area (Å²) in [6.45, 7) is 1.79. The van der Waals surface area contributed by atoms with Crippen molar-refractivity contribution in [2.24, 2.45) is 0 Å². The van der Waals surface area contributed by atoms with Crippen molar-refractivity contribution >= 4 is 44.8 Å². The number of carbonyl (C=O) groups is 1. The van der Waals surface area contributed by atoms with E-state index in [1.165, 1.54) is 0 Å². The van der Waals surface area contributed by atoms with Gasteiger partial charge in [0.1, 0.15) is 6.04 Å². The molecule has 0 fully saturated rings. The topological polar surface area (TPSA) is 41.1 Å². The van der Waals surface area contributed by atoms with Crippen LogP contribution in [-0.4, -0.2) is 11.9 Å². The zero-order chi connectivity index (χ0) is 14.5. The van der Waals surface area contributed by atoms with Gasteiger partial charge in [0.2, 0.25) is 5.91 Å². The van der Waals surface area contributed by atoms with Crippen LogP contribution in [0.3, 0.4) is 0 Å². The van der Waals surface area contributed by atoms with E-state index in [2.05, 4.69) is 26.6 Å². The molecule has 2 aromatic carbocycles. The van der Waals surface area contributed by atoms with Gasteiger partial charge >= 0.3 is 0 Å². The summed E-state index contributed by atoms with van der Waals surface area (Å²) < 4.78 is 0.898. The second-order valence-corrected chi connectivity index (χ2v) is 5.67. The van der Waals surface area contributed by atoms with E-state index in [1.54, 1.807) is 13.0 Å². The van der Waals surface area contributed by atoms with Gasteiger partial charge in [-0.05, 0) is 37.3 Å². The van der Waals surface area contributed by atoms with Gasteiger partial charge in [-0.2, -0.15) is 0 Å². The molecule has 2 N–H and O–H groups in total. The fraction of sp³-hybridized carbons (Fsp3) is 0.133. The zero-order valence-electron chi connectivity index (χ0n) is 10.9. The fourth-order valence-electron chi connectivity index (χ4n) is 1.68. The predicted molar refractivity (Wildman–Crippen MR) is 87.3 cm³/mol. The van der Waals surface area contributed by atoms with E-state index in [9.17, 15) is 4.79 Å². The van der Waals surface area contributed by atoms with Crippen molar-refractivity contribution < 1.29 is 4.79 Å². The zero-order valence-corrected chi connectivity index (χ0v) is 13.2. The van der Waals surface area contributed by atoms with Gasteiger partial charge in [0, 0.05) is 10.2 Å². The number of amides is 1. The van der Waals surface area contributed by atoms with E-state index in [-0.39, 0.29) is 5.91 Å². The molecule has 2 rings (SSSR count). The number of carbonyl (C=O) groups excluding carboxylic acids is 1. The number of hydrogen-bond donors (Lipinski definition) is 2. The average Bonchev–Trinajstić information content (AvgIpc) is 2.43.